The van der Waals surface area contributed by atoms with E-state index < -0.39 is 17.7 Å². The molecule has 7 nitrogen and oxygen atoms in total. The molecule has 3 atom stereocenters. The van der Waals surface area contributed by atoms with E-state index in [0.29, 0.717) is 19.4 Å². The van der Waals surface area contributed by atoms with Crippen molar-refractivity contribution in [1.82, 2.24) is 10.2 Å². The van der Waals surface area contributed by atoms with E-state index in [2.05, 4.69) is 5.32 Å². The number of amides is 2. The Morgan fingerprint density at radius 1 is 1.24 bits per heavy atom. The second-order valence-electron chi connectivity index (χ2n) is 8.82. The predicted octanol–water partition coefficient (Wildman–Crippen LogP) is 2.68. The van der Waals surface area contributed by atoms with Crippen LogP contribution in [0.3, 0.4) is 0 Å². The zero-order chi connectivity index (χ0) is 21.0. The summed E-state index contributed by atoms with van der Waals surface area (Å²) in [6.07, 6.45) is 1.52. The van der Waals surface area contributed by atoms with Crippen LogP contribution in [-0.2, 0) is 25.5 Å². The highest BCUT2D eigenvalue weighted by atomic mass is 16.6. The first kappa shape index (κ1) is 21.3. The molecule has 0 saturated carbocycles. The Morgan fingerprint density at radius 3 is 2.66 bits per heavy atom. The maximum Gasteiger partial charge on any atom is 0.416 e. The molecular formula is C22H30N2O5. The molecule has 0 radical (unpaired) electrons. The molecule has 1 aromatic carbocycles. The number of hydrogen-bond acceptors (Lipinski definition) is 6. The zero-order valence-corrected chi connectivity index (χ0v) is 17.3. The highest BCUT2D eigenvalue weighted by Crippen LogP contribution is 2.25. The number of cyclic esters (lactones) is 1. The summed E-state index contributed by atoms with van der Waals surface area (Å²) in [4.78, 5) is 38.7. The van der Waals surface area contributed by atoms with E-state index in [-0.39, 0.29) is 36.9 Å². The van der Waals surface area contributed by atoms with Gasteiger partial charge in [0, 0.05) is 6.42 Å². The molecule has 1 N–H and O–H groups in total. The third-order valence-electron chi connectivity index (χ3n) is 5.21. The lowest BCUT2D eigenvalue weighted by atomic mass is 9.89. The molecule has 2 unspecified atom stereocenters. The zero-order valence-electron chi connectivity index (χ0n) is 17.3. The molecular weight excluding hydrogens is 372 g/mol. The Morgan fingerprint density at radius 2 is 1.97 bits per heavy atom. The molecule has 3 rings (SSSR count). The lowest BCUT2D eigenvalue weighted by molar-refractivity contribution is -0.158. The van der Waals surface area contributed by atoms with Crippen LogP contribution in [0.2, 0.25) is 0 Å². The third-order valence-corrected chi connectivity index (χ3v) is 5.21. The number of carbonyl (C=O) groups excluding carboxylic acids is 3. The number of imide groups is 1. The molecule has 2 aliphatic rings. The summed E-state index contributed by atoms with van der Waals surface area (Å²) >= 11 is 0. The minimum absolute atomic E-state index is 0.0204. The number of esters is 1. The number of ether oxygens (including phenoxy) is 2. The summed E-state index contributed by atoms with van der Waals surface area (Å²) in [6.45, 7) is 6.35. The van der Waals surface area contributed by atoms with E-state index in [1.807, 2.05) is 51.1 Å². The van der Waals surface area contributed by atoms with Crippen LogP contribution in [0.15, 0.2) is 30.3 Å². The molecule has 2 fully saturated rings. The second kappa shape index (κ2) is 8.95. The van der Waals surface area contributed by atoms with E-state index in [4.69, 9.17) is 9.47 Å². The fraction of sp³-hybridized carbons (Fsp3) is 0.591. The van der Waals surface area contributed by atoms with Crippen molar-refractivity contribution in [2.75, 3.05) is 13.2 Å². The number of nitrogens with one attached hydrogen (secondary N) is 1. The monoisotopic (exact) mass is 402 g/mol. The highest BCUT2D eigenvalue weighted by Gasteiger charge is 2.39. The van der Waals surface area contributed by atoms with Gasteiger partial charge in [0.25, 0.3) is 0 Å². The van der Waals surface area contributed by atoms with Gasteiger partial charge in [-0.25, -0.2) is 9.69 Å². The van der Waals surface area contributed by atoms with Crippen LogP contribution in [0.5, 0.6) is 0 Å². The van der Waals surface area contributed by atoms with Crippen LogP contribution in [0, 0.1) is 5.92 Å². The third kappa shape index (κ3) is 5.79. The fourth-order valence-electron chi connectivity index (χ4n) is 3.88. The van der Waals surface area contributed by atoms with Gasteiger partial charge in [0.1, 0.15) is 18.2 Å². The second-order valence-corrected chi connectivity index (χ2v) is 8.82. The van der Waals surface area contributed by atoms with Gasteiger partial charge in [0.05, 0.1) is 6.04 Å². The maximum absolute atomic E-state index is 12.9. The van der Waals surface area contributed by atoms with Crippen molar-refractivity contribution in [1.29, 1.82) is 0 Å². The van der Waals surface area contributed by atoms with E-state index >= 15 is 0 Å². The molecule has 2 heterocycles. The largest absolute Gasteiger partial charge is 0.459 e. The van der Waals surface area contributed by atoms with Crippen molar-refractivity contribution >= 4 is 18.0 Å². The Bertz CT molecular complexity index is 743. The van der Waals surface area contributed by atoms with Gasteiger partial charge in [0.2, 0.25) is 5.91 Å². The quantitative estimate of drug-likeness (QED) is 0.763. The molecule has 0 spiro atoms. The minimum atomic E-state index is -0.575. The highest BCUT2D eigenvalue weighted by molar-refractivity contribution is 5.93. The number of piperidine rings is 1. The molecule has 0 bridgehead atoms. The first-order valence-electron chi connectivity index (χ1n) is 10.2. The van der Waals surface area contributed by atoms with Crippen LogP contribution in [0.25, 0.3) is 0 Å². The van der Waals surface area contributed by atoms with Crippen molar-refractivity contribution in [3.63, 3.8) is 0 Å². The molecule has 2 amide bonds. The Balaban J connectivity index is 1.59. The van der Waals surface area contributed by atoms with Crippen LogP contribution in [0.4, 0.5) is 4.79 Å². The van der Waals surface area contributed by atoms with E-state index in [9.17, 15) is 14.4 Å². The SMILES string of the molecule is CC(C)(C)OC(=O)C1CC(CC(=O)N2C(=O)OC[C@H]2Cc2ccccc2)CCN1. The lowest BCUT2D eigenvalue weighted by Gasteiger charge is -2.31. The minimum Gasteiger partial charge on any atom is -0.459 e. The standard InChI is InChI=1S/C22H30N2O5/c1-22(2,3)29-20(26)18-12-16(9-10-23-18)13-19(25)24-17(14-28-21(24)27)11-15-7-5-4-6-8-15/h4-8,16-18,23H,9-14H2,1-3H3/t16?,17-,18?/m1/s1. The lowest BCUT2D eigenvalue weighted by Crippen LogP contribution is -2.47. The van der Waals surface area contributed by atoms with Gasteiger partial charge in [0.15, 0.2) is 0 Å². The molecule has 0 aromatic heterocycles. The number of nitrogens with zero attached hydrogens (tertiary/aromatic N) is 1. The van der Waals surface area contributed by atoms with Gasteiger partial charge in [-0.2, -0.15) is 0 Å². The van der Waals surface area contributed by atoms with Gasteiger partial charge >= 0.3 is 12.1 Å². The van der Waals surface area contributed by atoms with Crippen LogP contribution in [-0.4, -0.2) is 53.7 Å². The number of rotatable bonds is 5. The first-order valence-corrected chi connectivity index (χ1v) is 10.2. The summed E-state index contributed by atoms with van der Waals surface area (Å²) < 4.78 is 10.6. The molecule has 1 aromatic rings. The fourth-order valence-corrected chi connectivity index (χ4v) is 3.88. The topological polar surface area (TPSA) is 84.9 Å². The van der Waals surface area contributed by atoms with Crippen molar-refractivity contribution < 1.29 is 23.9 Å². The molecule has 29 heavy (non-hydrogen) atoms. The van der Waals surface area contributed by atoms with Gasteiger partial charge in [-0.15, -0.1) is 0 Å². The van der Waals surface area contributed by atoms with Crippen molar-refractivity contribution in [3.8, 4) is 0 Å². The average Bonchev–Trinajstić information content (AvgIpc) is 3.01. The van der Waals surface area contributed by atoms with Crippen LogP contribution >= 0.6 is 0 Å². The van der Waals surface area contributed by atoms with Gasteiger partial charge in [-0.1, -0.05) is 30.3 Å². The molecule has 0 aliphatic carbocycles. The van der Waals surface area contributed by atoms with E-state index in [1.54, 1.807) is 0 Å². The van der Waals surface area contributed by atoms with Crippen LogP contribution < -0.4 is 5.32 Å². The number of hydrogen-bond donors (Lipinski definition) is 1. The Hall–Kier alpha value is -2.41. The first-order chi connectivity index (χ1) is 13.7. The summed E-state index contributed by atoms with van der Waals surface area (Å²) in [5.41, 5.74) is 0.506. The normalized spacial score (nSPS) is 24.9. The van der Waals surface area contributed by atoms with Gasteiger partial charge in [-0.05, 0) is 58.1 Å². The maximum atomic E-state index is 12.9. The van der Waals surface area contributed by atoms with Crippen molar-refractivity contribution in [3.05, 3.63) is 35.9 Å². The number of carbonyl (C=O) groups is 3. The molecule has 2 saturated heterocycles. The summed E-state index contributed by atoms with van der Waals surface area (Å²) in [7, 11) is 0. The number of benzene rings is 1. The van der Waals surface area contributed by atoms with Gasteiger partial charge in [-0.3, -0.25) is 9.59 Å². The van der Waals surface area contributed by atoms with Crippen molar-refractivity contribution in [2.24, 2.45) is 5.92 Å². The molecule has 2 aliphatic heterocycles. The molecule has 158 valence electrons. The summed E-state index contributed by atoms with van der Waals surface area (Å²) in [6, 6.07) is 9.04. The smallest absolute Gasteiger partial charge is 0.416 e. The Labute approximate surface area is 171 Å². The average molecular weight is 402 g/mol. The van der Waals surface area contributed by atoms with E-state index in [1.165, 1.54) is 4.90 Å². The predicted molar refractivity (Wildman–Crippen MR) is 107 cm³/mol. The molecule has 7 heteroatoms. The summed E-state index contributed by atoms with van der Waals surface area (Å²) in [5, 5.41) is 3.17. The van der Waals surface area contributed by atoms with Crippen molar-refractivity contribution in [2.45, 2.75) is 64.1 Å². The van der Waals surface area contributed by atoms with Gasteiger partial charge < -0.3 is 14.8 Å². The van der Waals surface area contributed by atoms with Crippen LogP contribution in [0.1, 0.15) is 45.6 Å². The Kier molecular flexibility index (Phi) is 6.57. The van der Waals surface area contributed by atoms with E-state index in [0.717, 1.165) is 12.0 Å². The summed E-state index contributed by atoms with van der Waals surface area (Å²) in [5.74, 6) is -0.507.